The first-order chi connectivity index (χ1) is 9.79. The van der Waals surface area contributed by atoms with Crippen LogP contribution < -0.4 is 4.74 Å². The Labute approximate surface area is 125 Å². The third-order valence-electron chi connectivity index (χ3n) is 3.18. The van der Waals surface area contributed by atoms with E-state index in [0.717, 1.165) is 5.56 Å². The molecule has 5 nitrogen and oxygen atoms in total. The van der Waals surface area contributed by atoms with Crippen molar-refractivity contribution in [1.82, 2.24) is 4.90 Å². The minimum absolute atomic E-state index is 0.0695. The number of aliphatic carboxylic acids is 1. The Morgan fingerprint density at radius 1 is 1.19 bits per heavy atom. The van der Waals surface area contributed by atoms with E-state index >= 15 is 0 Å². The Kier molecular flexibility index (Phi) is 6.37. The van der Waals surface area contributed by atoms with E-state index in [-0.39, 0.29) is 18.4 Å². The van der Waals surface area contributed by atoms with E-state index in [2.05, 4.69) is 0 Å². The van der Waals surface area contributed by atoms with Crippen LogP contribution in [0.1, 0.15) is 19.4 Å². The fourth-order valence-corrected chi connectivity index (χ4v) is 1.98. The number of carboxylic acid groups (broad SMARTS) is 1. The first-order valence-electron chi connectivity index (χ1n) is 6.96. The maximum Gasteiger partial charge on any atom is 0.325 e. The van der Waals surface area contributed by atoms with Crippen molar-refractivity contribution < 1.29 is 19.4 Å². The summed E-state index contributed by atoms with van der Waals surface area (Å²) in [6.07, 6.45) is 0.471. The van der Waals surface area contributed by atoms with Crippen LogP contribution in [0.25, 0.3) is 0 Å². The molecular weight excluding hydrogens is 270 g/mol. The van der Waals surface area contributed by atoms with Gasteiger partial charge in [-0.25, -0.2) is 0 Å². The topological polar surface area (TPSA) is 66.8 Å². The summed E-state index contributed by atoms with van der Waals surface area (Å²) >= 11 is 0. The van der Waals surface area contributed by atoms with E-state index < -0.39 is 11.9 Å². The first kappa shape index (κ1) is 17.2. The summed E-state index contributed by atoms with van der Waals surface area (Å²) in [5, 5.41) is 9.19. The summed E-state index contributed by atoms with van der Waals surface area (Å²) in [6, 6.07) is 7.00. The number of esters is 1. The monoisotopic (exact) mass is 293 g/mol. The molecular formula is C16H23NO4. The molecule has 0 heterocycles. The van der Waals surface area contributed by atoms with Crippen molar-refractivity contribution in [3.05, 3.63) is 29.8 Å². The summed E-state index contributed by atoms with van der Waals surface area (Å²) < 4.78 is 5.18. The highest BCUT2D eigenvalue weighted by Gasteiger charge is 2.21. The number of hydrogen-bond acceptors (Lipinski definition) is 4. The average Bonchev–Trinajstić information content (AvgIpc) is 2.35. The fraction of sp³-hybridized carbons (Fsp3) is 0.500. The zero-order chi connectivity index (χ0) is 16.0. The molecule has 21 heavy (non-hydrogen) atoms. The van der Waals surface area contributed by atoms with Crippen molar-refractivity contribution in [1.29, 1.82) is 0 Å². The third-order valence-corrected chi connectivity index (χ3v) is 3.18. The van der Waals surface area contributed by atoms with E-state index in [4.69, 9.17) is 4.74 Å². The van der Waals surface area contributed by atoms with Crippen LogP contribution >= 0.6 is 0 Å². The number of ether oxygens (including phenoxy) is 1. The van der Waals surface area contributed by atoms with Crippen molar-refractivity contribution in [2.24, 2.45) is 11.8 Å². The van der Waals surface area contributed by atoms with Gasteiger partial charge in [-0.2, -0.15) is 0 Å². The lowest BCUT2D eigenvalue weighted by Gasteiger charge is -2.16. The molecule has 1 unspecified atom stereocenters. The van der Waals surface area contributed by atoms with Crippen LogP contribution in [0.3, 0.4) is 0 Å². The van der Waals surface area contributed by atoms with Crippen LogP contribution in [0.2, 0.25) is 0 Å². The molecule has 0 aliphatic heterocycles. The highest BCUT2D eigenvalue weighted by Crippen LogP contribution is 2.20. The number of rotatable bonds is 7. The number of carboxylic acids is 1. The van der Waals surface area contributed by atoms with Crippen LogP contribution in [0, 0.1) is 11.8 Å². The highest BCUT2D eigenvalue weighted by molar-refractivity contribution is 5.74. The van der Waals surface area contributed by atoms with Crippen LogP contribution in [0.5, 0.6) is 5.75 Å². The van der Waals surface area contributed by atoms with Gasteiger partial charge in [-0.05, 0) is 44.1 Å². The lowest BCUT2D eigenvalue weighted by atomic mass is 9.89. The molecule has 0 saturated heterocycles. The number of carbonyl (C=O) groups is 2. The molecule has 1 N–H and O–H groups in total. The van der Waals surface area contributed by atoms with E-state index in [1.165, 1.54) is 0 Å². The lowest BCUT2D eigenvalue weighted by molar-refractivity contribution is -0.143. The first-order valence-corrected chi connectivity index (χ1v) is 6.96. The summed E-state index contributed by atoms with van der Waals surface area (Å²) in [5.74, 6) is -0.973. The second-order valence-electron chi connectivity index (χ2n) is 5.75. The fourth-order valence-electron chi connectivity index (χ4n) is 1.98. The van der Waals surface area contributed by atoms with Crippen LogP contribution in [0.15, 0.2) is 24.3 Å². The van der Waals surface area contributed by atoms with Crippen LogP contribution in [-0.2, 0) is 16.0 Å². The molecule has 0 radical (unpaired) electrons. The van der Waals surface area contributed by atoms with Crippen molar-refractivity contribution in [2.75, 3.05) is 20.6 Å². The van der Waals surface area contributed by atoms with E-state index in [1.807, 2.05) is 13.8 Å². The van der Waals surface area contributed by atoms with Gasteiger partial charge in [-0.1, -0.05) is 26.0 Å². The summed E-state index contributed by atoms with van der Waals surface area (Å²) in [6.45, 7) is 4.02. The normalized spacial score (nSPS) is 12.5. The second-order valence-corrected chi connectivity index (χ2v) is 5.75. The number of likely N-dealkylation sites (N-methyl/N-ethyl adjacent to an activating group) is 1. The van der Waals surface area contributed by atoms with Gasteiger partial charge in [0.05, 0.1) is 12.5 Å². The van der Waals surface area contributed by atoms with Gasteiger partial charge in [0.15, 0.2) is 0 Å². The van der Waals surface area contributed by atoms with Gasteiger partial charge in [-0.3, -0.25) is 14.5 Å². The number of benzene rings is 1. The van der Waals surface area contributed by atoms with Crippen molar-refractivity contribution in [2.45, 2.75) is 20.3 Å². The van der Waals surface area contributed by atoms with E-state index in [0.29, 0.717) is 12.2 Å². The van der Waals surface area contributed by atoms with Gasteiger partial charge < -0.3 is 9.84 Å². The van der Waals surface area contributed by atoms with Crippen molar-refractivity contribution in [3.63, 3.8) is 0 Å². The standard InChI is InChI=1S/C16H23NO4/c1-11(2)14(16(19)20)9-12-5-7-13(8-6-12)21-15(18)10-17(3)4/h5-8,11,14H,9-10H2,1-4H3,(H,19,20). The molecule has 0 aromatic heterocycles. The van der Waals surface area contributed by atoms with Crippen molar-refractivity contribution in [3.8, 4) is 5.75 Å². The van der Waals surface area contributed by atoms with E-state index in [1.54, 1.807) is 43.3 Å². The molecule has 0 bridgehead atoms. The predicted molar refractivity (Wildman–Crippen MR) is 80.3 cm³/mol. The zero-order valence-corrected chi connectivity index (χ0v) is 13.0. The molecule has 0 spiro atoms. The molecule has 0 amide bonds. The average molecular weight is 293 g/mol. The van der Waals surface area contributed by atoms with Gasteiger partial charge in [-0.15, -0.1) is 0 Å². The summed E-state index contributed by atoms with van der Waals surface area (Å²) in [7, 11) is 3.59. The van der Waals surface area contributed by atoms with Gasteiger partial charge in [0.1, 0.15) is 5.75 Å². The smallest absolute Gasteiger partial charge is 0.325 e. The molecule has 0 saturated carbocycles. The SMILES string of the molecule is CC(C)C(Cc1ccc(OC(=O)CN(C)C)cc1)C(=O)O. The molecule has 1 aromatic carbocycles. The Hall–Kier alpha value is -1.88. The van der Waals surface area contributed by atoms with Gasteiger partial charge in [0.2, 0.25) is 0 Å². The van der Waals surface area contributed by atoms with Crippen molar-refractivity contribution >= 4 is 11.9 Å². The molecule has 0 aliphatic rings. The number of nitrogens with zero attached hydrogens (tertiary/aromatic N) is 1. The molecule has 1 aromatic rings. The van der Waals surface area contributed by atoms with Gasteiger partial charge in [0.25, 0.3) is 0 Å². The second kappa shape index (κ2) is 7.78. The molecule has 1 atom stereocenters. The highest BCUT2D eigenvalue weighted by atomic mass is 16.5. The molecule has 0 aliphatic carbocycles. The maximum absolute atomic E-state index is 11.5. The lowest BCUT2D eigenvalue weighted by Crippen LogP contribution is -2.25. The largest absolute Gasteiger partial charge is 0.481 e. The quantitative estimate of drug-likeness (QED) is 0.615. The summed E-state index contributed by atoms with van der Waals surface area (Å²) in [5.41, 5.74) is 0.920. The van der Waals surface area contributed by atoms with Gasteiger partial charge in [0, 0.05) is 0 Å². The number of carbonyl (C=O) groups excluding carboxylic acids is 1. The molecule has 5 heteroatoms. The number of hydrogen-bond donors (Lipinski definition) is 1. The Balaban J connectivity index is 2.65. The molecule has 0 fully saturated rings. The minimum atomic E-state index is -0.786. The molecule has 1 rings (SSSR count). The minimum Gasteiger partial charge on any atom is -0.481 e. The zero-order valence-electron chi connectivity index (χ0n) is 13.0. The Morgan fingerprint density at radius 2 is 1.76 bits per heavy atom. The van der Waals surface area contributed by atoms with Crippen LogP contribution in [0.4, 0.5) is 0 Å². The van der Waals surface area contributed by atoms with Crippen LogP contribution in [-0.4, -0.2) is 42.6 Å². The van der Waals surface area contributed by atoms with E-state index in [9.17, 15) is 14.7 Å². The molecule has 116 valence electrons. The third kappa shape index (κ3) is 5.95. The predicted octanol–water partition coefficient (Wildman–Crippen LogP) is 2.05. The Bertz CT molecular complexity index is 480. The summed E-state index contributed by atoms with van der Waals surface area (Å²) in [4.78, 5) is 24.4. The van der Waals surface area contributed by atoms with Gasteiger partial charge >= 0.3 is 11.9 Å². The Morgan fingerprint density at radius 3 is 2.19 bits per heavy atom. The maximum atomic E-state index is 11.5.